The van der Waals surface area contributed by atoms with Crippen molar-refractivity contribution < 1.29 is 102 Å². The standard InChI is InChI=1S/C102H137ClN24O21S/c1-12-14-24-77-94(141)113-68(37-53(3)4)91(138)119-75(89(136)109-47-82(106)131)51-149-52-83(132)110-71(40-57-29-31-60(128)32-30-57)97(144)122(9)56(8)88(135)115-73(44-81(105)130)99(146)126-36-20-27-78(126)95(142)118-74(46-108-86-85-64-33-28-55(7)39-67(64)111-87(85)121-102(103)120-86)93(140)116-70(38-54(5)6)100(147)127-49-61(129)43-80(127)96(143)114-69(41-58-45-107-65-23-18-16-21-62(58)65)92(139)112-66(34-35-104)90(137)117-72(98(145)124(11)79(25-15-13-2)101(148)123(77)10)42-59-48-125(50-84(133)134)76-26-19-17-22-63(59)76/h16-19,21-23,26,28-33,39,45,48,53-54,56,61,66,68-75,77-80,107,128-129H,12-15,20,24-25,27,34-38,40-44,46-47,49-52,104H2,1-11H3,(H2,105,130)(H2,106,131)(H,109,136)(H,110,132)(H,112,139)(H,113,141)(H,114,143)(H,115,135)(H,116,140)(H,117,137)(H,118,142)(H,119,138)(H,133,134)(H2,108,111,120,121)/t56-,61+,66-,68-,69-,70-,71-,72-,73-,74-,75-,77-,78-,79-,80-/m0/s1. The average molecular weight is 2100 g/mol. The van der Waals surface area contributed by atoms with Crippen LogP contribution in [0.1, 0.15) is 154 Å². The van der Waals surface area contributed by atoms with Gasteiger partial charge in [-0.3, -0.25) is 86.3 Å². The molecule has 0 radical (unpaired) electrons. The number of halogens is 1. The molecule has 4 aromatic heterocycles. The number of aryl methyl sites for hydroxylation is 1. The third-order valence-electron chi connectivity index (χ3n) is 26.9. The highest BCUT2D eigenvalue weighted by Gasteiger charge is 2.47. The van der Waals surface area contributed by atoms with E-state index >= 15 is 52.7 Å². The van der Waals surface area contributed by atoms with Gasteiger partial charge in [-0.25, -0.2) is 4.98 Å². The number of amides is 17. The fraction of sp³-hybridized carbons (Fsp3) is 0.510. The molecule has 47 heteroatoms. The normalized spacial score (nSPS) is 23.7. The number of thioether (sulfide) groups is 1. The van der Waals surface area contributed by atoms with Gasteiger partial charge in [-0.1, -0.05) is 128 Å². The maximum absolute atomic E-state index is 16.1. The van der Waals surface area contributed by atoms with Crippen molar-refractivity contribution in [3.05, 3.63) is 131 Å². The number of rotatable bonds is 28. The van der Waals surface area contributed by atoms with Crippen molar-refractivity contribution in [1.82, 2.24) is 102 Å². The monoisotopic (exact) mass is 2100 g/mol. The van der Waals surface area contributed by atoms with Crippen LogP contribution < -0.4 is 75.7 Å². The van der Waals surface area contributed by atoms with Gasteiger partial charge in [-0.05, 0) is 141 Å². The van der Waals surface area contributed by atoms with Crippen LogP contribution in [0.25, 0.3) is 43.7 Å². The van der Waals surface area contributed by atoms with Gasteiger partial charge in [0, 0.05) is 117 Å². The maximum atomic E-state index is 16.1. The number of hydrogen-bond donors (Lipinski definition) is 19. The molecule has 3 fully saturated rings. The van der Waals surface area contributed by atoms with E-state index in [0.29, 0.717) is 80.5 Å². The molecular weight excluding hydrogens is 1960 g/mol. The third kappa shape index (κ3) is 30.2. The number of aliphatic hydroxyl groups is 1. The Hall–Kier alpha value is -14.5. The van der Waals surface area contributed by atoms with Crippen LogP contribution in [0.4, 0.5) is 5.82 Å². The van der Waals surface area contributed by atoms with E-state index in [-0.39, 0.29) is 106 Å². The molecule has 17 amide bonds. The van der Waals surface area contributed by atoms with Gasteiger partial charge in [-0.15, -0.1) is 11.8 Å². The predicted octanol–water partition coefficient (Wildman–Crippen LogP) is 1.30. The summed E-state index contributed by atoms with van der Waals surface area (Å²) in [6, 6.07) is 2.72. The number of phenols is 1. The van der Waals surface area contributed by atoms with Crippen molar-refractivity contribution in [3.8, 4) is 5.75 Å². The van der Waals surface area contributed by atoms with Gasteiger partial charge in [0.1, 0.15) is 108 Å². The molecule has 0 saturated carbocycles. The number of nitrogens with two attached hydrogens (primary N) is 3. The number of carboxylic acids is 1. The van der Waals surface area contributed by atoms with Gasteiger partial charge in [0.05, 0.1) is 30.2 Å². The molecule has 15 atom stereocenters. The highest BCUT2D eigenvalue weighted by Crippen LogP contribution is 2.34. The fourth-order valence-electron chi connectivity index (χ4n) is 19.0. The largest absolute Gasteiger partial charge is 0.508 e. The van der Waals surface area contributed by atoms with Gasteiger partial charge in [-0.2, -0.15) is 4.98 Å². The molecular formula is C102H137ClN24O21S. The first-order valence-corrected chi connectivity index (χ1v) is 51.6. The number of aliphatic hydroxyl groups excluding tert-OH is 1. The third-order valence-corrected chi connectivity index (χ3v) is 28.1. The lowest BCUT2D eigenvalue weighted by Crippen LogP contribution is -2.61. The summed E-state index contributed by atoms with van der Waals surface area (Å²) < 4.78 is 1.44. The molecule has 45 nitrogen and oxygen atoms in total. The lowest BCUT2D eigenvalue weighted by atomic mass is 9.99. The van der Waals surface area contributed by atoms with E-state index < -0.39 is 254 Å². The number of nitrogens with zero attached hydrogens (tertiary/aromatic N) is 8. The number of fused-ring (bicyclic) bond motifs is 7. The van der Waals surface area contributed by atoms with Crippen molar-refractivity contribution in [2.75, 3.05) is 70.7 Å². The number of aromatic nitrogens is 5. The minimum absolute atomic E-state index is 0.00692. The van der Waals surface area contributed by atoms with Crippen LogP contribution in [0, 0.1) is 18.8 Å². The summed E-state index contributed by atoms with van der Waals surface area (Å²) in [6.45, 7) is 11.1. The van der Waals surface area contributed by atoms with Gasteiger partial charge in [0.2, 0.25) is 106 Å². The Morgan fingerprint density at radius 2 is 1.16 bits per heavy atom. The molecule has 149 heavy (non-hydrogen) atoms. The summed E-state index contributed by atoms with van der Waals surface area (Å²) >= 11 is 7.38. The van der Waals surface area contributed by atoms with Crippen LogP contribution >= 0.6 is 23.4 Å². The molecule has 0 spiro atoms. The molecule has 8 aromatic rings. The quantitative estimate of drug-likeness (QED) is 0.0307. The molecule has 0 bridgehead atoms. The number of likely N-dealkylation sites (N-methyl/N-ethyl adjacent to an activating group) is 3. The van der Waals surface area contributed by atoms with E-state index in [0.717, 1.165) is 41.8 Å². The van der Waals surface area contributed by atoms with Crippen molar-refractivity contribution in [2.24, 2.45) is 29.0 Å². The Morgan fingerprint density at radius 1 is 0.577 bits per heavy atom. The Morgan fingerprint density at radius 3 is 1.84 bits per heavy atom. The number of H-pyrrole nitrogens is 2. The number of carboxylic acid groups (broad SMARTS) is 1. The number of phenolic OH excluding ortho intramolecular Hbond substituents is 1. The minimum Gasteiger partial charge on any atom is -0.508 e. The van der Waals surface area contributed by atoms with Gasteiger partial charge in [0.25, 0.3) is 0 Å². The molecule has 11 rings (SSSR count). The number of para-hydroxylation sites is 2. The second-order valence-corrected chi connectivity index (χ2v) is 40.6. The number of benzene rings is 4. The Bertz CT molecular complexity index is 6250. The zero-order valence-corrected chi connectivity index (χ0v) is 87.0. The van der Waals surface area contributed by atoms with Crippen LogP contribution in [0.5, 0.6) is 5.75 Å². The van der Waals surface area contributed by atoms with Crippen LogP contribution in [-0.2, 0) is 112 Å². The maximum Gasteiger partial charge on any atom is 0.323 e. The molecule has 22 N–H and O–H groups in total. The molecule has 3 aliphatic heterocycles. The second-order valence-electron chi connectivity index (χ2n) is 39.2. The van der Waals surface area contributed by atoms with Crippen molar-refractivity contribution >= 4 is 179 Å². The summed E-state index contributed by atoms with van der Waals surface area (Å²) in [5.41, 5.74) is 21.7. The average Bonchev–Trinajstić information content (AvgIpc) is 1.58. The molecule has 0 aliphatic carbocycles. The second kappa shape index (κ2) is 52.9. The first-order chi connectivity index (χ1) is 70.8. The number of nitrogens with one attached hydrogen (secondary N) is 13. The lowest BCUT2D eigenvalue weighted by molar-refractivity contribution is -0.149. The summed E-state index contributed by atoms with van der Waals surface area (Å²) in [7, 11) is 3.92. The van der Waals surface area contributed by atoms with Gasteiger partial charge in [0.15, 0.2) is 0 Å². The van der Waals surface area contributed by atoms with Crippen LogP contribution in [0.15, 0.2) is 103 Å². The number of aromatic amines is 2. The van der Waals surface area contributed by atoms with Crippen LogP contribution in [0.3, 0.4) is 0 Å². The highest BCUT2D eigenvalue weighted by atomic mass is 35.5. The summed E-state index contributed by atoms with van der Waals surface area (Å²) in [4.78, 5) is 288. The number of aromatic hydroxyl groups is 1. The topological polar surface area (TPSA) is 657 Å². The number of anilines is 1. The Labute approximate surface area is 870 Å². The molecule has 0 unspecified atom stereocenters. The predicted molar refractivity (Wildman–Crippen MR) is 555 cm³/mol. The molecule has 3 saturated heterocycles. The highest BCUT2D eigenvalue weighted by molar-refractivity contribution is 8.00. The van der Waals surface area contributed by atoms with E-state index in [9.17, 15) is 48.9 Å². The van der Waals surface area contributed by atoms with Crippen LogP contribution in [-0.4, -0.2) is 327 Å². The number of hydrogen-bond acceptors (Lipinski definition) is 25. The molecule has 7 heterocycles. The van der Waals surface area contributed by atoms with E-state index in [4.69, 9.17) is 28.8 Å². The number of carbonyl (C=O) groups excluding carboxylic acids is 17. The van der Waals surface area contributed by atoms with Crippen molar-refractivity contribution in [1.29, 1.82) is 0 Å². The van der Waals surface area contributed by atoms with E-state index in [2.05, 4.69) is 78.4 Å². The lowest BCUT2D eigenvalue weighted by Gasteiger charge is -2.36. The van der Waals surface area contributed by atoms with Gasteiger partial charge >= 0.3 is 5.97 Å². The first kappa shape index (κ1) is 115. The zero-order valence-electron chi connectivity index (χ0n) is 85.4. The summed E-state index contributed by atoms with van der Waals surface area (Å²) in [5, 5.41) is 64.3. The Balaban J connectivity index is 0.989. The molecule has 3 aliphatic rings. The van der Waals surface area contributed by atoms with Gasteiger partial charge < -0.3 is 130 Å². The first-order valence-electron chi connectivity index (χ1n) is 50.1. The van der Waals surface area contributed by atoms with Crippen molar-refractivity contribution in [3.63, 3.8) is 0 Å². The van der Waals surface area contributed by atoms with Crippen molar-refractivity contribution in [2.45, 2.75) is 255 Å². The van der Waals surface area contributed by atoms with E-state index in [1.807, 2.05) is 39.0 Å². The van der Waals surface area contributed by atoms with Crippen LogP contribution in [0.2, 0.25) is 5.28 Å². The minimum atomic E-state index is -1.83. The van der Waals surface area contributed by atoms with E-state index in [1.54, 1.807) is 82.4 Å². The number of primary amides is 2. The fourth-order valence-corrected chi connectivity index (χ4v) is 20.0. The number of carbonyl (C=O) groups is 18. The zero-order chi connectivity index (χ0) is 109. The smallest absolute Gasteiger partial charge is 0.323 e. The number of aliphatic carboxylic acids is 1. The molecule has 4 aromatic carbocycles. The molecule has 804 valence electrons. The number of unbranched alkanes of at least 4 members (excludes halogenated alkanes) is 2. The SMILES string of the molecule is CCCC[C@H]1C(=O)N(C)[C@@H](CCCC)C(=O)N[C@@H](CC(C)C)C(=O)N[C@H](C(=O)NCC(N)=O)CSCC(=O)N[C@@H](Cc2ccc(O)cc2)C(=O)N(C)[C@@H](C)C(=O)N[C@@H](CC(N)=O)C(=O)N2CCC[C@H]2C(=O)N[C@@H](CNc2nc(Cl)nc3[nH]c4cc(C)ccc4c23)C(=O)N[C@@H](CC(C)C)C(=O)N2C[C@H](O)C[C@H]2C(=O)N[C@@H](Cc2c[nH]c3ccccc23)C(=O)N[C@@H](CCN)C(=O)N[C@@H](Cc2cn(CC(=O)O)c3ccccc23)C(=O)N1C. The van der Waals surface area contributed by atoms with E-state index in [1.165, 1.54) is 63.1 Å². The Kier molecular flexibility index (Phi) is 40.7. The summed E-state index contributed by atoms with van der Waals surface area (Å²) in [6.07, 6.45) is 0.528. The summed E-state index contributed by atoms with van der Waals surface area (Å²) in [5.74, 6) is -19.1.